The van der Waals surface area contributed by atoms with Gasteiger partial charge in [0.2, 0.25) is 0 Å². The molecule has 2 saturated heterocycles. The van der Waals surface area contributed by atoms with Crippen LogP contribution < -0.4 is 0 Å². The van der Waals surface area contributed by atoms with E-state index in [2.05, 4.69) is 22.4 Å². The van der Waals surface area contributed by atoms with Crippen molar-refractivity contribution in [3.63, 3.8) is 0 Å². The smallest absolute Gasteiger partial charge is 0.253 e. The fourth-order valence-electron chi connectivity index (χ4n) is 4.00. The molecule has 0 aliphatic carbocycles. The van der Waals surface area contributed by atoms with E-state index in [1.54, 1.807) is 0 Å². The number of aromatic nitrogens is 3. The third-order valence-corrected chi connectivity index (χ3v) is 5.56. The summed E-state index contributed by atoms with van der Waals surface area (Å²) in [6.07, 6.45) is 1.43. The highest BCUT2D eigenvalue weighted by Gasteiger charge is 2.40. The number of amides is 1. The van der Waals surface area contributed by atoms with Crippen LogP contribution in [0.25, 0.3) is 11.0 Å². The van der Waals surface area contributed by atoms with Gasteiger partial charge in [-0.05, 0) is 23.8 Å². The van der Waals surface area contributed by atoms with Gasteiger partial charge in [0.25, 0.3) is 5.91 Å². The molecule has 0 radical (unpaired) electrons. The van der Waals surface area contributed by atoms with Gasteiger partial charge in [0.05, 0.1) is 25.3 Å². The second-order valence-electron chi connectivity index (χ2n) is 7.34. The van der Waals surface area contributed by atoms with E-state index >= 15 is 0 Å². The summed E-state index contributed by atoms with van der Waals surface area (Å²) < 4.78 is 13.3. The van der Waals surface area contributed by atoms with Crippen LogP contribution in [-0.2, 0) is 16.0 Å². The van der Waals surface area contributed by atoms with E-state index in [-0.39, 0.29) is 5.91 Å². The first-order valence-electron chi connectivity index (χ1n) is 9.67. The van der Waals surface area contributed by atoms with Crippen molar-refractivity contribution < 1.29 is 14.3 Å². The second-order valence-corrected chi connectivity index (χ2v) is 7.34. The lowest BCUT2D eigenvalue weighted by atomic mass is 10.0. The first-order valence-corrected chi connectivity index (χ1v) is 9.67. The Morgan fingerprint density at radius 2 is 1.79 bits per heavy atom. The molecule has 5 rings (SSSR count). The van der Waals surface area contributed by atoms with Crippen molar-refractivity contribution in [1.82, 2.24) is 19.9 Å². The number of fused-ring (bicyclic) bond motifs is 1. The van der Waals surface area contributed by atoms with Gasteiger partial charge in [-0.2, -0.15) is 0 Å². The lowest BCUT2D eigenvalue weighted by Crippen LogP contribution is -2.47. The number of carbonyl (C=O) groups excluding carboxylic acids is 1. The van der Waals surface area contributed by atoms with Gasteiger partial charge >= 0.3 is 0 Å². The van der Waals surface area contributed by atoms with Gasteiger partial charge in [-0.15, -0.1) is 5.10 Å². The van der Waals surface area contributed by atoms with E-state index in [0.29, 0.717) is 51.3 Å². The molecule has 2 aliphatic rings. The van der Waals surface area contributed by atoms with Crippen LogP contribution in [0, 0.1) is 0 Å². The molecule has 0 saturated carbocycles. The van der Waals surface area contributed by atoms with Crippen LogP contribution in [0.4, 0.5) is 0 Å². The highest BCUT2D eigenvalue weighted by Crippen LogP contribution is 2.31. The van der Waals surface area contributed by atoms with Gasteiger partial charge in [0.1, 0.15) is 5.52 Å². The zero-order chi connectivity index (χ0) is 19.0. The standard InChI is InChI=1S/C21H22N4O3/c26-20(24-10-8-21(9-11-24)27-12-13-28-21)17-6-7-19-18(14-17)22-23-25(19)15-16-4-2-1-3-5-16/h1-7,14H,8-13,15H2. The van der Waals surface area contributed by atoms with Crippen LogP contribution in [0.5, 0.6) is 0 Å². The van der Waals surface area contributed by atoms with Gasteiger partial charge < -0.3 is 14.4 Å². The number of hydrogen-bond acceptors (Lipinski definition) is 5. The lowest BCUT2D eigenvalue weighted by Gasteiger charge is -2.37. The number of likely N-dealkylation sites (tertiary alicyclic amines) is 1. The lowest BCUT2D eigenvalue weighted by molar-refractivity contribution is -0.181. The van der Waals surface area contributed by atoms with Gasteiger partial charge in [-0.3, -0.25) is 4.79 Å². The van der Waals surface area contributed by atoms with E-state index in [4.69, 9.17) is 9.47 Å². The maximum Gasteiger partial charge on any atom is 0.253 e. The topological polar surface area (TPSA) is 69.5 Å². The van der Waals surface area contributed by atoms with E-state index in [1.165, 1.54) is 0 Å². The Morgan fingerprint density at radius 3 is 2.54 bits per heavy atom. The number of ether oxygens (including phenoxy) is 2. The number of rotatable bonds is 3. The van der Waals surface area contributed by atoms with Crippen molar-refractivity contribution in [3.05, 3.63) is 59.7 Å². The second kappa shape index (κ2) is 7.00. The monoisotopic (exact) mass is 378 g/mol. The highest BCUT2D eigenvalue weighted by atomic mass is 16.7. The minimum atomic E-state index is -0.471. The number of hydrogen-bond donors (Lipinski definition) is 0. The Morgan fingerprint density at radius 1 is 1.04 bits per heavy atom. The molecule has 2 aliphatic heterocycles. The summed E-state index contributed by atoms with van der Waals surface area (Å²) in [4.78, 5) is 14.8. The quantitative estimate of drug-likeness (QED) is 0.700. The van der Waals surface area contributed by atoms with Crippen LogP contribution in [0.3, 0.4) is 0 Å². The Bertz CT molecular complexity index is 985. The zero-order valence-electron chi connectivity index (χ0n) is 15.6. The summed E-state index contributed by atoms with van der Waals surface area (Å²) in [5, 5.41) is 8.52. The molecule has 0 atom stereocenters. The Balaban J connectivity index is 1.32. The fourth-order valence-corrected chi connectivity index (χ4v) is 4.00. The average Bonchev–Trinajstić information content (AvgIpc) is 3.36. The third kappa shape index (κ3) is 3.16. The Kier molecular flexibility index (Phi) is 4.33. The molecule has 7 nitrogen and oxygen atoms in total. The molecule has 0 bridgehead atoms. The van der Waals surface area contributed by atoms with E-state index < -0.39 is 5.79 Å². The summed E-state index contributed by atoms with van der Waals surface area (Å²) >= 11 is 0. The molecule has 7 heteroatoms. The Hall–Kier alpha value is -2.77. The van der Waals surface area contributed by atoms with Crippen molar-refractivity contribution in [2.45, 2.75) is 25.2 Å². The van der Waals surface area contributed by atoms with Gasteiger partial charge in [-0.1, -0.05) is 35.5 Å². The number of benzene rings is 2. The first kappa shape index (κ1) is 17.3. The minimum absolute atomic E-state index is 0.0207. The predicted molar refractivity (Wildman–Crippen MR) is 103 cm³/mol. The number of carbonyl (C=O) groups is 1. The summed E-state index contributed by atoms with van der Waals surface area (Å²) in [5.41, 5.74) is 3.46. The summed E-state index contributed by atoms with van der Waals surface area (Å²) in [6, 6.07) is 15.8. The molecule has 1 aromatic heterocycles. The van der Waals surface area contributed by atoms with Crippen LogP contribution in [0.2, 0.25) is 0 Å². The summed E-state index contributed by atoms with van der Waals surface area (Å²) in [6.45, 7) is 3.21. The fraction of sp³-hybridized carbons (Fsp3) is 0.381. The van der Waals surface area contributed by atoms with Crippen molar-refractivity contribution in [2.75, 3.05) is 26.3 Å². The maximum atomic E-state index is 12.9. The van der Waals surface area contributed by atoms with Crippen molar-refractivity contribution >= 4 is 16.9 Å². The van der Waals surface area contributed by atoms with Gasteiger partial charge in [0, 0.05) is 31.5 Å². The highest BCUT2D eigenvalue weighted by molar-refractivity contribution is 5.97. The van der Waals surface area contributed by atoms with Gasteiger partial charge in [0.15, 0.2) is 5.79 Å². The normalized spacial score (nSPS) is 18.8. The molecule has 28 heavy (non-hydrogen) atoms. The van der Waals surface area contributed by atoms with Gasteiger partial charge in [-0.25, -0.2) is 4.68 Å². The minimum Gasteiger partial charge on any atom is -0.347 e. The molecule has 2 aromatic carbocycles. The van der Waals surface area contributed by atoms with Crippen molar-refractivity contribution in [1.29, 1.82) is 0 Å². The molecule has 0 N–H and O–H groups in total. The molecular formula is C21H22N4O3. The number of piperidine rings is 1. The van der Waals surface area contributed by atoms with Crippen LogP contribution in [0.1, 0.15) is 28.8 Å². The van der Waals surface area contributed by atoms with Crippen LogP contribution in [-0.4, -0.2) is 57.9 Å². The van der Waals surface area contributed by atoms with E-state index in [1.807, 2.05) is 46.0 Å². The van der Waals surface area contributed by atoms with Crippen molar-refractivity contribution in [3.8, 4) is 0 Å². The van der Waals surface area contributed by atoms with E-state index in [0.717, 1.165) is 16.6 Å². The van der Waals surface area contributed by atoms with E-state index in [9.17, 15) is 4.79 Å². The van der Waals surface area contributed by atoms with Crippen LogP contribution in [0.15, 0.2) is 48.5 Å². The summed E-state index contributed by atoms with van der Waals surface area (Å²) in [7, 11) is 0. The van der Waals surface area contributed by atoms with Crippen LogP contribution >= 0.6 is 0 Å². The zero-order valence-corrected chi connectivity index (χ0v) is 15.6. The average molecular weight is 378 g/mol. The van der Waals surface area contributed by atoms with Crippen molar-refractivity contribution in [2.24, 2.45) is 0 Å². The predicted octanol–water partition coefficient (Wildman–Crippen LogP) is 2.46. The number of nitrogens with zero attached hydrogens (tertiary/aromatic N) is 4. The molecule has 0 unspecified atom stereocenters. The first-order chi connectivity index (χ1) is 13.7. The third-order valence-electron chi connectivity index (χ3n) is 5.56. The maximum absolute atomic E-state index is 12.9. The molecule has 3 heterocycles. The Labute approximate surface area is 162 Å². The molecule has 1 amide bonds. The molecule has 1 spiro atoms. The molecule has 144 valence electrons. The largest absolute Gasteiger partial charge is 0.347 e. The SMILES string of the molecule is O=C(c1ccc2c(c1)nnn2Cc1ccccc1)N1CCC2(CC1)OCCO2. The molecule has 2 fully saturated rings. The summed E-state index contributed by atoms with van der Waals surface area (Å²) in [5.74, 6) is -0.451. The molecule has 3 aromatic rings. The molecular weight excluding hydrogens is 356 g/mol.